The Morgan fingerprint density at radius 2 is 1.72 bits per heavy atom. The Bertz CT molecular complexity index is 1980. The molecule has 11 nitrogen and oxygen atoms in total. The number of aryl methyl sites for hydroxylation is 3. The number of fused-ring (bicyclic) bond motifs is 3. The fourth-order valence-corrected chi connectivity index (χ4v) is 7.02. The molecule has 2 amide bonds. The first kappa shape index (κ1) is 31.3. The second kappa shape index (κ2) is 12.6. The van der Waals surface area contributed by atoms with E-state index in [1.807, 2.05) is 35.8 Å². The van der Waals surface area contributed by atoms with Crippen molar-refractivity contribution in [3.63, 3.8) is 0 Å². The lowest BCUT2D eigenvalue weighted by molar-refractivity contribution is -0.123. The van der Waals surface area contributed by atoms with Crippen molar-refractivity contribution >= 4 is 46.2 Å². The van der Waals surface area contributed by atoms with E-state index in [9.17, 15) is 19.2 Å². The second-order valence-electron chi connectivity index (χ2n) is 11.6. The average molecular weight is 658 g/mol. The third-order valence-corrected chi connectivity index (χ3v) is 9.79. The molecule has 2 aliphatic rings. The number of carbonyl (C=O) groups excluding carboxylic acids is 3. The summed E-state index contributed by atoms with van der Waals surface area (Å²) in [6.07, 6.45) is 5.00. The number of nitrogens with zero attached hydrogens (tertiary/aromatic N) is 5. The van der Waals surface area contributed by atoms with E-state index in [2.05, 4.69) is 34.7 Å². The first-order valence-corrected chi connectivity index (χ1v) is 16.0. The number of pyridine rings is 1. The van der Waals surface area contributed by atoms with Gasteiger partial charge in [0, 0.05) is 64.1 Å². The third kappa shape index (κ3) is 6.22. The molecule has 1 aromatic carbocycles. The summed E-state index contributed by atoms with van der Waals surface area (Å²) in [5.41, 5.74) is 3.88. The van der Waals surface area contributed by atoms with Crippen LogP contribution in [-0.2, 0) is 16.6 Å². The van der Waals surface area contributed by atoms with Crippen LogP contribution in [0.25, 0.3) is 5.00 Å². The smallest absolute Gasteiger partial charge is 0.250 e. The van der Waals surface area contributed by atoms with Crippen molar-refractivity contribution in [2.75, 3.05) is 0 Å². The van der Waals surface area contributed by atoms with Gasteiger partial charge < -0.3 is 15.2 Å². The SMILES string of the molecule is Cc1sc2c(c1C)C(c1ccc(Cl)cc1)=N[C@@H](CC(=O)N[C@H]1C[C@@H](NC(=O)/C=C/C(=O)c3ccc(=O)n(C)c3)C1)c1nnc(C)n1-2. The van der Waals surface area contributed by atoms with Crippen LogP contribution in [0.3, 0.4) is 0 Å². The highest BCUT2D eigenvalue weighted by molar-refractivity contribution is 7.15. The minimum Gasteiger partial charge on any atom is -0.353 e. The number of allylic oxidation sites excluding steroid dienone is 1. The molecule has 0 saturated heterocycles. The van der Waals surface area contributed by atoms with Crippen molar-refractivity contribution in [2.24, 2.45) is 12.0 Å². The molecule has 0 unspecified atom stereocenters. The minimum atomic E-state index is -0.573. The third-order valence-electron chi connectivity index (χ3n) is 8.34. The molecule has 4 heterocycles. The largest absolute Gasteiger partial charge is 0.353 e. The van der Waals surface area contributed by atoms with E-state index in [1.54, 1.807) is 18.4 Å². The van der Waals surface area contributed by atoms with E-state index in [-0.39, 0.29) is 35.8 Å². The highest BCUT2D eigenvalue weighted by Gasteiger charge is 2.35. The van der Waals surface area contributed by atoms with Crippen LogP contribution in [-0.4, -0.2) is 54.7 Å². The predicted molar refractivity (Wildman–Crippen MR) is 176 cm³/mol. The summed E-state index contributed by atoms with van der Waals surface area (Å²) in [4.78, 5) is 55.9. The monoisotopic (exact) mass is 657 g/mol. The number of rotatable bonds is 8. The van der Waals surface area contributed by atoms with Crippen LogP contribution < -0.4 is 16.2 Å². The van der Waals surface area contributed by atoms with Crippen molar-refractivity contribution in [3.8, 4) is 5.00 Å². The maximum atomic E-state index is 13.3. The zero-order valence-electron chi connectivity index (χ0n) is 25.7. The molecule has 13 heteroatoms. The normalized spacial score (nSPS) is 18.6. The molecule has 236 valence electrons. The Labute approximate surface area is 274 Å². The summed E-state index contributed by atoms with van der Waals surface area (Å²) >= 11 is 7.85. The maximum Gasteiger partial charge on any atom is 0.250 e. The Balaban J connectivity index is 1.11. The lowest BCUT2D eigenvalue weighted by atomic mass is 9.86. The molecule has 1 fully saturated rings. The first-order valence-electron chi connectivity index (χ1n) is 14.8. The van der Waals surface area contributed by atoms with Gasteiger partial charge in [0.1, 0.15) is 16.9 Å². The van der Waals surface area contributed by atoms with Crippen molar-refractivity contribution in [2.45, 2.75) is 58.2 Å². The van der Waals surface area contributed by atoms with Gasteiger partial charge in [-0.1, -0.05) is 23.7 Å². The molecule has 0 radical (unpaired) electrons. The molecule has 0 spiro atoms. The molecular weight excluding hydrogens is 626 g/mol. The quantitative estimate of drug-likeness (QED) is 0.216. The highest BCUT2D eigenvalue weighted by Crippen LogP contribution is 2.39. The fraction of sp³-hybridized carbons (Fsp3) is 0.303. The Morgan fingerprint density at radius 1 is 1.00 bits per heavy atom. The molecule has 2 N–H and O–H groups in total. The number of hydrogen-bond donors (Lipinski definition) is 2. The van der Waals surface area contributed by atoms with Gasteiger partial charge in [0.05, 0.1) is 12.1 Å². The van der Waals surface area contributed by atoms with Crippen molar-refractivity contribution < 1.29 is 14.4 Å². The highest BCUT2D eigenvalue weighted by atomic mass is 35.5. The Kier molecular flexibility index (Phi) is 8.58. The van der Waals surface area contributed by atoms with Crippen LogP contribution in [0.1, 0.15) is 68.9 Å². The summed E-state index contributed by atoms with van der Waals surface area (Å²) in [6.45, 7) is 6.06. The van der Waals surface area contributed by atoms with Crippen molar-refractivity contribution in [1.82, 2.24) is 30.0 Å². The molecule has 1 aliphatic heterocycles. The molecule has 1 atom stereocenters. The second-order valence-corrected chi connectivity index (χ2v) is 13.3. The summed E-state index contributed by atoms with van der Waals surface area (Å²) in [5.74, 6) is 0.376. The van der Waals surface area contributed by atoms with Crippen LogP contribution in [0.15, 0.2) is 64.5 Å². The fourth-order valence-electron chi connectivity index (χ4n) is 5.68. The van der Waals surface area contributed by atoms with E-state index in [0.717, 1.165) is 33.2 Å². The molecular formula is C33H32ClN7O4S. The van der Waals surface area contributed by atoms with E-state index >= 15 is 0 Å². The number of thiophene rings is 1. The van der Waals surface area contributed by atoms with Gasteiger partial charge in [0.2, 0.25) is 17.4 Å². The van der Waals surface area contributed by atoms with E-state index in [1.165, 1.54) is 39.9 Å². The summed E-state index contributed by atoms with van der Waals surface area (Å²) in [5, 5.41) is 16.3. The summed E-state index contributed by atoms with van der Waals surface area (Å²) in [7, 11) is 1.55. The van der Waals surface area contributed by atoms with Gasteiger partial charge >= 0.3 is 0 Å². The standard InChI is InChI=1S/C33H32ClN7O4S/c1-17-18(2)46-33-30(17)31(20-5-8-22(34)9-6-20)37-25(32-39-38-19(3)41(32)33)15-28(44)36-24-13-23(14-24)35-27(43)11-10-26(42)21-7-12-29(45)40(4)16-21/h5-12,16,23-25H,13-15H2,1-4H3,(H,35,43)(H,36,44)/b11-10+/t23-,24+,25-/m0/s1. The van der Waals surface area contributed by atoms with E-state index < -0.39 is 11.9 Å². The van der Waals surface area contributed by atoms with Crippen LogP contribution in [0.5, 0.6) is 0 Å². The van der Waals surface area contributed by atoms with Gasteiger partial charge in [-0.15, -0.1) is 21.5 Å². The number of halogens is 1. The number of aliphatic imine (C=N–C) groups is 1. The summed E-state index contributed by atoms with van der Waals surface area (Å²) < 4.78 is 3.31. The summed E-state index contributed by atoms with van der Waals surface area (Å²) in [6, 6.07) is 9.46. The number of amides is 2. The minimum absolute atomic E-state index is 0.0751. The Hall–Kier alpha value is -4.68. The Morgan fingerprint density at radius 3 is 2.43 bits per heavy atom. The van der Waals surface area contributed by atoms with Crippen LogP contribution >= 0.6 is 22.9 Å². The van der Waals surface area contributed by atoms with Crippen molar-refractivity contribution in [1.29, 1.82) is 0 Å². The first-order chi connectivity index (χ1) is 22.0. The van der Waals surface area contributed by atoms with Crippen LogP contribution in [0.2, 0.25) is 5.02 Å². The molecule has 0 bridgehead atoms. The molecule has 4 aromatic rings. The molecule has 6 rings (SSSR count). The molecule has 1 saturated carbocycles. The topological polar surface area (TPSA) is 140 Å². The van der Waals surface area contributed by atoms with E-state index in [4.69, 9.17) is 16.6 Å². The van der Waals surface area contributed by atoms with Gasteiger partial charge in [-0.3, -0.25) is 28.7 Å². The number of aromatic nitrogens is 4. The maximum absolute atomic E-state index is 13.3. The van der Waals surface area contributed by atoms with Gasteiger partial charge in [0.25, 0.3) is 0 Å². The lowest BCUT2D eigenvalue weighted by Gasteiger charge is -2.36. The molecule has 3 aromatic heterocycles. The average Bonchev–Trinajstić information content (AvgIpc) is 3.48. The number of carbonyl (C=O) groups is 3. The molecule has 46 heavy (non-hydrogen) atoms. The van der Waals surface area contributed by atoms with Crippen LogP contribution in [0, 0.1) is 20.8 Å². The van der Waals surface area contributed by atoms with Crippen LogP contribution in [0.4, 0.5) is 0 Å². The predicted octanol–water partition coefficient (Wildman–Crippen LogP) is 4.09. The van der Waals surface area contributed by atoms with Gasteiger partial charge in [0.15, 0.2) is 11.6 Å². The lowest BCUT2D eigenvalue weighted by Crippen LogP contribution is -2.53. The van der Waals surface area contributed by atoms with Gasteiger partial charge in [-0.05, 0) is 63.5 Å². The van der Waals surface area contributed by atoms with Crippen molar-refractivity contribution in [3.05, 3.63) is 109 Å². The number of benzene rings is 1. The number of ketones is 1. The van der Waals surface area contributed by atoms with Gasteiger partial charge in [-0.2, -0.15) is 0 Å². The zero-order valence-corrected chi connectivity index (χ0v) is 27.3. The number of hydrogen-bond acceptors (Lipinski definition) is 8. The zero-order chi connectivity index (χ0) is 32.7. The van der Waals surface area contributed by atoms with Gasteiger partial charge in [-0.25, -0.2) is 0 Å². The molecule has 1 aliphatic carbocycles. The number of nitrogens with one attached hydrogen (secondary N) is 2. The van der Waals surface area contributed by atoms with E-state index in [0.29, 0.717) is 29.3 Å².